The van der Waals surface area contributed by atoms with Crippen LogP contribution in [0.25, 0.3) is 17.1 Å². The predicted molar refractivity (Wildman–Crippen MR) is 54.3 cm³/mol. The predicted octanol–water partition coefficient (Wildman–Crippen LogP) is 1.16. The molecule has 3 N–H and O–H groups in total. The van der Waals surface area contributed by atoms with E-state index in [1.54, 1.807) is 19.6 Å². The molecule has 2 aromatic rings. The summed E-state index contributed by atoms with van der Waals surface area (Å²) in [7, 11) is 1.60. The highest BCUT2D eigenvalue weighted by Gasteiger charge is 2.02. The third-order valence-electron chi connectivity index (χ3n) is 1.87. The molecule has 0 amide bonds. The first-order valence-corrected chi connectivity index (χ1v) is 4.10. The first kappa shape index (κ1) is 8.55. The van der Waals surface area contributed by atoms with E-state index in [4.69, 9.17) is 10.5 Å². The van der Waals surface area contributed by atoms with E-state index in [2.05, 4.69) is 15.0 Å². The molecule has 5 nitrogen and oxygen atoms in total. The molecule has 0 saturated carbocycles. The second kappa shape index (κ2) is 3.37. The zero-order valence-electron chi connectivity index (χ0n) is 7.69. The largest absolute Gasteiger partial charge is 0.504 e. The molecule has 2 heterocycles. The van der Waals surface area contributed by atoms with E-state index in [0.29, 0.717) is 0 Å². The Balaban J connectivity index is 2.53. The fourth-order valence-electron chi connectivity index (χ4n) is 1.22. The Morgan fingerprint density at radius 2 is 2.43 bits per heavy atom. The van der Waals surface area contributed by atoms with E-state index >= 15 is 0 Å². The van der Waals surface area contributed by atoms with E-state index in [0.717, 1.165) is 16.6 Å². The molecule has 0 spiro atoms. The number of nitrogens with zero attached hydrogens (tertiary/aromatic N) is 2. The lowest BCUT2D eigenvalue weighted by Gasteiger charge is -1.92. The molecule has 2 aromatic heterocycles. The summed E-state index contributed by atoms with van der Waals surface area (Å²) in [5, 5.41) is 0.924. The summed E-state index contributed by atoms with van der Waals surface area (Å²) in [6, 6.07) is 0. The number of rotatable bonds is 2. The Morgan fingerprint density at radius 3 is 3.21 bits per heavy atom. The van der Waals surface area contributed by atoms with Crippen molar-refractivity contribution in [3.63, 3.8) is 0 Å². The van der Waals surface area contributed by atoms with Crippen molar-refractivity contribution in [1.29, 1.82) is 0 Å². The van der Waals surface area contributed by atoms with Gasteiger partial charge in [0.15, 0.2) is 0 Å². The lowest BCUT2D eigenvalue weighted by atomic mass is 10.2. The van der Waals surface area contributed by atoms with Gasteiger partial charge in [0.2, 0.25) is 5.95 Å². The molecule has 2 rings (SSSR count). The molecule has 14 heavy (non-hydrogen) atoms. The zero-order chi connectivity index (χ0) is 9.97. The lowest BCUT2D eigenvalue weighted by Crippen LogP contribution is -1.93. The maximum atomic E-state index is 5.45. The fourth-order valence-corrected chi connectivity index (χ4v) is 1.22. The molecule has 5 heteroatoms. The van der Waals surface area contributed by atoms with Gasteiger partial charge in [0.25, 0.3) is 0 Å². The topological polar surface area (TPSA) is 76.8 Å². The highest BCUT2D eigenvalue weighted by atomic mass is 16.5. The number of nitrogens with two attached hydrogens (primary N) is 1. The van der Waals surface area contributed by atoms with Crippen LogP contribution in [0.1, 0.15) is 5.56 Å². The van der Waals surface area contributed by atoms with Gasteiger partial charge in [-0.25, -0.2) is 4.98 Å². The van der Waals surface area contributed by atoms with Gasteiger partial charge in [-0.05, 0) is 6.08 Å². The van der Waals surface area contributed by atoms with Gasteiger partial charge in [0.05, 0.1) is 13.4 Å². The van der Waals surface area contributed by atoms with Crippen molar-refractivity contribution >= 4 is 23.1 Å². The molecule has 72 valence electrons. The van der Waals surface area contributed by atoms with Gasteiger partial charge in [0, 0.05) is 23.3 Å². The summed E-state index contributed by atoms with van der Waals surface area (Å²) in [5.74, 6) is 0.265. The van der Waals surface area contributed by atoms with Crippen LogP contribution in [0.5, 0.6) is 0 Å². The van der Waals surface area contributed by atoms with Gasteiger partial charge < -0.3 is 15.5 Å². The number of hydrogen-bond acceptors (Lipinski definition) is 4. The molecule has 0 saturated heterocycles. The van der Waals surface area contributed by atoms with Crippen molar-refractivity contribution in [1.82, 2.24) is 15.0 Å². The van der Waals surface area contributed by atoms with Crippen LogP contribution >= 0.6 is 0 Å². The minimum Gasteiger partial charge on any atom is -0.504 e. The van der Waals surface area contributed by atoms with Crippen LogP contribution in [-0.4, -0.2) is 22.1 Å². The summed E-state index contributed by atoms with van der Waals surface area (Å²) in [4.78, 5) is 11.0. The summed E-state index contributed by atoms with van der Waals surface area (Å²) < 4.78 is 4.83. The number of ether oxygens (including phenoxy) is 1. The maximum absolute atomic E-state index is 5.45. The minimum atomic E-state index is 0.265. The lowest BCUT2D eigenvalue weighted by molar-refractivity contribution is 0.341. The van der Waals surface area contributed by atoms with Gasteiger partial charge >= 0.3 is 0 Å². The second-order valence-corrected chi connectivity index (χ2v) is 2.77. The van der Waals surface area contributed by atoms with E-state index < -0.39 is 0 Å². The van der Waals surface area contributed by atoms with E-state index in [9.17, 15) is 0 Å². The first-order chi connectivity index (χ1) is 6.81. The molecule has 0 radical (unpaired) electrons. The van der Waals surface area contributed by atoms with Crippen LogP contribution < -0.4 is 5.73 Å². The van der Waals surface area contributed by atoms with E-state index in [-0.39, 0.29) is 5.95 Å². The average molecular weight is 190 g/mol. The number of aromatic nitrogens is 3. The van der Waals surface area contributed by atoms with Gasteiger partial charge in [-0.1, -0.05) is 0 Å². The van der Waals surface area contributed by atoms with Crippen LogP contribution in [0.15, 0.2) is 18.7 Å². The third kappa shape index (κ3) is 1.39. The molecule has 0 aliphatic rings. The molecular formula is C9H10N4O. The number of anilines is 1. The number of nitrogens with one attached hydrogen (secondary N) is 1. The van der Waals surface area contributed by atoms with Crippen molar-refractivity contribution < 1.29 is 4.74 Å². The summed E-state index contributed by atoms with van der Waals surface area (Å²) in [6.07, 6.45) is 6.94. The van der Waals surface area contributed by atoms with Crippen molar-refractivity contribution in [3.05, 3.63) is 24.2 Å². The Bertz CT molecular complexity index is 475. The number of methoxy groups -OCH3 is 1. The van der Waals surface area contributed by atoms with Gasteiger partial charge in [-0.3, -0.25) is 0 Å². The van der Waals surface area contributed by atoms with Crippen LogP contribution in [0.4, 0.5) is 5.95 Å². The summed E-state index contributed by atoms with van der Waals surface area (Å²) in [5.41, 5.74) is 7.15. The Labute approximate surface area is 80.6 Å². The van der Waals surface area contributed by atoms with Crippen LogP contribution in [0, 0.1) is 0 Å². The number of hydrogen-bond donors (Lipinski definition) is 2. The number of fused-ring (bicyclic) bond motifs is 1. The highest BCUT2D eigenvalue weighted by Crippen LogP contribution is 2.17. The van der Waals surface area contributed by atoms with Crippen LogP contribution in [-0.2, 0) is 4.74 Å². The minimum absolute atomic E-state index is 0.265. The van der Waals surface area contributed by atoms with Crippen molar-refractivity contribution in [2.75, 3.05) is 12.8 Å². The summed E-state index contributed by atoms with van der Waals surface area (Å²) >= 11 is 0. The van der Waals surface area contributed by atoms with E-state index in [1.165, 1.54) is 0 Å². The Kier molecular flexibility index (Phi) is 2.06. The SMILES string of the molecule is COC=Cc1c[nH]c2nc(N)ncc12. The van der Waals surface area contributed by atoms with Crippen molar-refractivity contribution in [2.45, 2.75) is 0 Å². The van der Waals surface area contributed by atoms with Gasteiger partial charge in [-0.15, -0.1) is 0 Å². The molecule has 0 aliphatic heterocycles. The van der Waals surface area contributed by atoms with Crippen LogP contribution in [0.3, 0.4) is 0 Å². The quantitative estimate of drug-likeness (QED) is 0.696. The van der Waals surface area contributed by atoms with E-state index in [1.807, 2.05) is 12.3 Å². The third-order valence-corrected chi connectivity index (χ3v) is 1.87. The molecular weight excluding hydrogens is 180 g/mol. The zero-order valence-corrected chi connectivity index (χ0v) is 7.69. The number of aromatic amines is 1. The van der Waals surface area contributed by atoms with Crippen molar-refractivity contribution in [3.8, 4) is 0 Å². The standard InChI is InChI=1S/C9H10N4O/c1-14-3-2-6-4-11-8-7(6)5-12-9(10)13-8/h2-5H,1H3,(H3,10,11,12,13). The molecule has 0 fully saturated rings. The highest BCUT2D eigenvalue weighted by molar-refractivity contribution is 5.85. The van der Waals surface area contributed by atoms with Gasteiger partial charge in [-0.2, -0.15) is 4.98 Å². The maximum Gasteiger partial charge on any atom is 0.221 e. The average Bonchev–Trinajstić information content (AvgIpc) is 2.57. The van der Waals surface area contributed by atoms with Crippen LogP contribution in [0.2, 0.25) is 0 Å². The molecule has 0 aromatic carbocycles. The second-order valence-electron chi connectivity index (χ2n) is 2.77. The first-order valence-electron chi connectivity index (χ1n) is 4.10. The molecule has 0 bridgehead atoms. The fraction of sp³-hybridized carbons (Fsp3) is 0.111. The number of H-pyrrole nitrogens is 1. The summed E-state index contributed by atoms with van der Waals surface area (Å²) in [6.45, 7) is 0. The smallest absolute Gasteiger partial charge is 0.221 e. The normalized spacial score (nSPS) is 11.2. The Hall–Kier alpha value is -2.04. The van der Waals surface area contributed by atoms with Crippen molar-refractivity contribution in [2.24, 2.45) is 0 Å². The number of nitrogen functional groups attached to an aromatic ring is 1. The monoisotopic (exact) mass is 190 g/mol. The molecule has 0 atom stereocenters. The molecule has 0 unspecified atom stereocenters. The van der Waals surface area contributed by atoms with Gasteiger partial charge in [0.1, 0.15) is 5.65 Å². The molecule has 0 aliphatic carbocycles. The Morgan fingerprint density at radius 1 is 1.57 bits per heavy atom.